The highest BCUT2D eigenvalue weighted by Gasteiger charge is 2.41. The number of hydrogen-bond donors (Lipinski definition) is 3. The Morgan fingerprint density at radius 2 is 1.83 bits per heavy atom. The van der Waals surface area contributed by atoms with Crippen LogP contribution in [0.4, 0.5) is 5.69 Å². The monoisotopic (exact) mass is 567 g/mol. The van der Waals surface area contributed by atoms with Crippen LogP contribution < -0.4 is 10.6 Å². The number of aryl methyl sites for hydroxylation is 3. The summed E-state index contributed by atoms with van der Waals surface area (Å²) in [6.07, 6.45) is 2.01. The van der Waals surface area contributed by atoms with Gasteiger partial charge in [0, 0.05) is 41.9 Å². The van der Waals surface area contributed by atoms with Gasteiger partial charge in [-0.1, -0.05) is 24.3 Å². The second kappa shape index (κ2) is 11.5. The van der Waals surface area contributed by atoms with Crippen LogP contribution in [-0.4, -0.2) is 43.1 Å². The molecule has 1 aliphatic rings. The molecule has 0 radical (unpaired) electrons. The van der Waals surface area contributed by atoms with Crippen molar-refractivity contribution in [3.8, 4) is 5.69 Å². The molecule has 1 aliphatic heterocycles. The Kier molecular flexibility index (Phi) is 7.90. The van der Waals surface area contributed by atoms with Gasteiger partial charge in [0.1, 0.15) is 0 Å². The Bertz CT molecular complexity index is 1630. The maximum atomic E-state index is 13.0. The number of carbonyl (C=O) groups excluding carboxylic acids is 1. The molecule has 0 spiro atoms. The number of pyridine rings is 1. The van der Waals surface area contributed by atoms with Crippen molar-refractivity contribution in [2.75, 3.05) is 11.9 Å². The van der Waals surface area contributed by atoms with E-state index in [4.69, 9.17) is 12.2 Å². The van der Waals surface area contributed by atoms with Crippen molar-refractivity contribution in [3.05, 3.63) is 112 Å². The number of benzene rings is 2. The molecule has 1 saturated heterocycles. The Labute approximate surface area is 245 Å². The van der Waals surface area contributed by atoms with Gasteiger partial charge in [-0.05, 0) is 99.1 Å². The van der Waals surface area contributed by atoms with Crippen molar-refractivity contribution >= 4 is 34.9 Å². The maximum Gasteiger partial charge on any atom is 0.335 e. The van der Waals surface area contributed by atoms with Gasteiger partial charge in [-0.15, -0.1) is 0 Å². The number of nitrogens with zero attached hydrogens (tertiary/aromatic N) is 3. The minimum Gasteiger partial charge on any atom is -0.478 e. The molecule has 8 nitrogen and oxygen atoms in total. The van der Waals surface area contributed by atoms with E-state index in [2.05, 4.69) is 31.2 Å². The van der Waals surface area contributed by atoms with E-state index in [0.29, 0.717) is 11.7 Å². The number of thiocarbonyl (C=S) groups is 1. The van der Waals surface area contributed by atoms with Gasteiger partial charge in [0.15, 0.2) is 5.11 Å². The number of carbonyl (C=O) groups is 2. The van der Waals surface area contributed by atoms with E-state index >= 15 is 0 Å². The molecule has 2 aromatic carbocycles. The average Bonchev–Trinajstić information content (AvgIpc) is 3.42. The summed E-state index contributed by atoms with van der Waals surface area (Å²) in [6, 6.07) is 20.4. The van der Waals surface area contributed by atoms with Gasteiger partial charge in [0.05, 0.1) is 23.3 Å². The summed E-state index contributed by atoms with van der Waals surface area (Å²) in [5.74, 6) is -1.06. The van der Waals surface area contributed by atoms with Crippen molar-refractivity contribution in [1.82, 2.24) is 19.8 Å². The lowest BCUT2D eigenvalue weighted by atomic mass is 9.96. The summed E-state index contributed by atoms with van der Waals surface area (Å²) < 4.78 is 2.09. The molecule has 1 amide bonds. The van der Waals surface area contributed by atoms with E-state index in [1.54, 1.807) is 18.3 Å². The fourth-order valence-electron chi connectivity index (χ4n) is 5.59. The third-order valence-electron chi connectivity index (χ3n) is 7.57. The molecule has 4 aromatic rings. The van der Waals surface area contributed by atoms with Crippen LogP contribution in [0, 0.1) is 27.7 Å². The van der Waals surface area contributed by atoms with Gasteiger partial charge >= 0.3 is 5.97 Å². The molecule has 3 N–H and O–H groups in total. The number of anilines is 1. The SMILES string of the molecule is Cc1cccc(NC(=O)CCN2C(=S)NC(c3ccccn3)C2c2cc(C)n(-c3cc(C(=O)O)ccc3C)c2C)c1. The van der Waals surface area contributed by atoms with Crippen LogP contribution in [0.3, 0.4) is 0 Å². The zero-order valence-corrected chi connectivity index (χ0v) is 24.3. The van der Waals surface area contributed by atoms with Crippen LogP contribution in [0.15, 0.2) is 72.9 Å². The number of carboxylic acids is 1. The number of aromatic nitrogens is 2. The largest absolute Gasteiger partial charge is 0.478 e. The highest BCUT2D eigenvalue weighted by molar-refractivity contribution is 7.80. The van der Waals surface area contributed by atoms with E-state index in [-0.39, 0.29) is 30.0 Å². The maximum absolute atomic E-state index is 13.0. The number of rotatable bonds is 8. The van der Waals surface area contributed by atoms with Crippen LogP contribution in [0.1, 0.15) is 62.6 Å². The topological polar surface area (TPSA) is 99.5 Å². The van der Waals surface area contributed by atoms with Crippen molar-refractivity contribution in [3.63, 3.8) is 0 Å². The van der Waals surface area contributed by atoms with Gasteiger partial charge in [-0.2, -0.15) is 0 Å². The first-order chi connectivity index (χ1) is 19.6. The van der Waals surface area contributed by atoms with Crippen LogP contribution in [0.5, 0.6) is 0 Å². The molecule has 2 atom stereocenters. The molecule has 9 heteroatoms. The fraction of sp³-hybridized carbons (Fsp3) is 0.250. The van der Waals surface area contributed by atoms with Crippen molar-refractivity contribution < 1.29 is 14.7 Å². The summed E-state index contributed by atoms with van der Waals surface area (Å²) in [7, 11) is 0. The van der Waals surface area contributed by atoms with Crippen molar-refractivity contribution in [2.45, 2.75) is 46.2 Å². The van der Waals surface area contributed by atoms with Crippen LogP contribution >= 0.6 is 12.2 Å². The minimum atomic E-state index is -0.968. The molecule has 210 valence electrons. The lowest BCUT2D eigenvalue weighted by Crippen LogP contribution is -2.32. The molecule has 2 aromatic heterocycles. The lowest BCUT2D eigenvalue weighted by Gasteiger charge is -2.28. The predicted octanol–water partition coefficient (Wildman–Crippen LogP) is 5.81. The number of carboxylic acid groups (broad SMARTS) is 1. The van der Waals surface area contributed by atoms with Crippen LogP contribution in [0.2, 0.25) is 0 Å². The number of aromatic carboxylic acids is 1. The van der Waals surface area contributed by atoms with Crippen molar-refractivity contribution in [1.29, 1.82) is 0 Å². The number of amides is 1. The molecule has 5 rings (SSSR count). The first kappa shape index (κ1) is 28.0. The Morgan fingerprint density at radius 3 is 2.54 bits per heavy atom. The molecule has 0 saturated carbocycles. The molecule has 1 fully saturated rings. The fourth-order valence-corrected chi connectivity index (χ4v) is 5.93. The first-order valence-electron chi connectivity index (χ1n) is 13.5. The number of hydrogen-bond acceptors (Lipinski definition) is 4. The van der Waals surface area contributed by atoms with E-state index in [9.17, 15) is 14.7 Å². The van der Waals surface area contributed by atoms with Crippen LogP contribution in [-0.2, 0) is 4.79 Å². The molecule has 0 aliphatic carbocycles. The summed E-state index contributed by atoms with van der Waals surface area (Å²) in [4.78, 5) is 31.4. The molecular formula is C32H33N5O3S. The third kappa shape index (κ3) is 5.71. The third-order valence-corrected chi connectivity index (χ3v) is 7.92. The van der Waals surface area contributed by atoms with Crippen LogP contribution in [0.25, 0.3) is 5.69 Å². The van der Waals surface area contributed by atoms with Gasteiger partial charge < -0.3 is 25.2 Å². The molecule has 41 heavy (non-hydrogen) atoms. The molecule has 3 heterocycles. The Balaban J connectivity index is 1.51. The Hall–Kier alpha value is -4.50. The quantitative estimate of drug-likeness (QED) is 0.231. The van der Waals surface area contributed by atoms with E-state index in [1.165, 1.54) is 0 Å². The van der Waals surface area contributed by atoms with Gasteiger partial charge in [0.2, 0.25) is 5.91 Å². The minimum absolute atomic E-state index is 0.0926. The van der Waals surface area contributed by atoms with E-state index in [0.717, 1.165) is 45.1 Å². The van der Waals surface area contributed by atoms with E-state index in [1.807, 2.05) is 76.2 Å². The summed E-state index contributed by atoms with van der Waals surface area (Å²) in [6.45, 7) is 8.42. The zero-order chi connectivity index (χ0) is 29.3. The number of nitrogens with one attached hydrogen (secondary N) is 2. The second-order valence-electron chi connectivity index (χ2n) is 10.5. The predicted molar refractivity (Wildman–Crippen MR) is 164 cm³/mol. The Morgan fingerprint density at radius 1 is 1.02 bits per heavy atom. The lowest BCUT2D eigenvalue weighted by molar-refractivity contribution is -0.116. The summed E-state index contributed by atoms with van der Waals surface area (Å²) in [5.41, 5.74) is 7.68. The molecule has 0 bridgehead atoms. The normalized spacial score (nSPS) is 16.5. The van der Waals surface area contributed by atoms with Gasteiger partial charge in [-0.25, -0.2) is 4.79 Å². The van der Waals surface area contributed by atoms with Gasteiger partial charge in [0.25, 0.3) is 0 Å². The molecule has 2 unspecified atom stereocenters. The average molecular weight is 568 g/mol. The molecular weight excluding hydrogens is 534 g/mol. The highest BCUT2D eigenvalue weighted by Crippen LogP contribution is 2.41. The smallest absolute Gasteiger partial charge is 0.335 e. The van der Waals surface area contributed by atoms with Crippen molar-refractivity contribution in [2.24, 2.45) is 0 Å². The second-order valence-corrected chi connectivity index (χ2v) is 10.8. The van der Waals surface area contributed by atoms with Gasteiger partial charge in [-0.3, -0.25) is 9.78 Å². The summed E-state index contributed by atoms with van der Waals surface area (Å²) >= 11 is 5.82. The summed E-state index contributed by atoms with van der Waals surface area (Å²) in [5, 5.41) is 16.6. The standard InChI is InChI=1S/C32H33N5O3S/c1-19-8-7-9-24(16-19)34-28(38)13-15-36-30(29(35-32(36)41)26-10-5-6-14-33-26)25-17-21(3)37(22(25)4)27-18-23(31(39)40)12-11-20(27)2/h5-12,14,16-18,29-30H,13,15H2,1-4H3,(H,34,38)(H,35,41)(H,39,40). The highest BCUT2D eigenvalue weighted by atomic mass is 32.1. The first-order valence-corrected chi connectivity index (χ1v) is 13.9. The zero-order valence-electron chi connectivity index (χ0n) is 23.5. The van der Waals surface area contributed by atoms with E-state index < -0.39 is 5.97 Å².